The molecule has 6 heteroatoms. The first-order valence-electron chi connectivity index (χ1n) is 14.3. The van der Waals surface area contributed by atoms with Gasteiger partial charge in [-0.2, -0.15) is 10.2 Å². The fraction of sp³-hybridized carbons (Fsp3) is 0.394. The van der Waals surface area contributed by atoms with Crippen LogP contribution in [-0.2, 0) is 9.59 Å². The van der Waals surface area contributed by atoms with Crippen molar-refractivity contribution < 1.29 is 9.59 Å². The Morgan fingerprint density at radius 2 is 1.00 bits per heavy atom. The Bertz CT molecular complexity index is 1000. The lowest BCUT2D eigenvalue weighted by Crippen LogP contribution is -2.20. The topological polar surface area (TPSA) is 82.9 Å². The van der Waals surface area contributed by atoms with Crippen molar-refractivity contribution in [3.63, 3.8) is 0 Å². The van der Waals surface area contributed by atoms with Crippen LogP contribution in [0, 0.1) is 0 Å². The molecule has 0 aliphatic carbocycles. The van der Waals surface area contributed by atoms with Gasteiger partial charge in [0.25, 0.3) is 0 Å². The number of carbonyl (C=O) groups is 2. The van der Waals surface area contributed by atoms with E-state index in [4.69, 9.17) is 0 Å². The van der Waals surface area contributed by atoms with E-state index in [1.807, 2.05) is 60.7 Å². The highest BCUT2D eigenvalue weighted by atomic mass is 16.2. The standard InChI is InChI=1S/C33H44N4O2/c1-3-5-9-20-30(24-28-16-11-7-12-17-28)26-34-36-32(38)22-15-23-33(39)37-35-27-31(21-10-6-4-2)25-29-18-13-8-14-19-29/h7-8,11-14,16-19,24-27H,3-6,9-10,15,20-23H2,1-2H3,(H,36,38)(H,37,39)/b30-24?,31-25?,34-26-,35-27+. The van der Waals surface area contributed by atoms with Gasteiger partial charge in [-0.05, 0) is 54.4 Å². The number of hydrogen-bond acceptors (Lipinski definition) is 4. The molecule has 0 radical (unpaired) electrons. The van der Waals surface area contributed by atoms with Crippen molar-refractivity contribution in [1.29, 1.82) is 0 Å². The van der Waals surface area contributed by atoms with Gasteiger partial charge in [0, 0.05) is 12.8 Å². The van der Waals surface area contributed by atoms with Crippen LogP contribution < -0.4 is 10.9 Å². The van der Waals surface area contributed by atoms with Crippen molar-refractivity contribution >= 4 is 36.4 Å². The summed E-state index contributed by atoms with van der Waals surface area (Å²) in [6.07, 6.45) is 17.1. The lowest BCUT2D eigenvalue weighted by molar-refractivity contribution is -0.122. The van der Waals surface area contributed by atoms with Gasteiger partial charge in [-0.1, -0.05) is 112 Å². The molecule has 6 nitrogen and oxygen atoms in total. The van der Waals surface area contributed by atoms with Crippen LogP contribution in [0.2, 0.25) is 0 Å². The van der Waals surface area contributed by atoms with Crippen molar-refractivity contribution in [1.82, 2.24) is 10.9 Å². The van der Waals surface area contributed by atoms with Gasteiger partial charge >= 0.3 is 0 Å². The molecule has 2 amide bonds. The first kappa shape index (κ1) is 31.4. The van der Waals surface area contributed by atoms with Crippen molar-refractivity contribution in [3.8, 4) is 0 Å². The third kappa shape index (κ3) is 15.3. The van der Waals surface area contributed by atoms with E-state index in [0.717, 1.165) is 73.6 Å². The molecule has 0 aromatic heterocycles. The minimum atomic E-state index is -0.209. The zero-order valence-corrected chi connectivity index (χ0v) is 23.6. The van der Waals surface area contributed by atoms with E-state index in [1.54, 1.807) is 12.4 Å². The van der Waals surface area contributed by atoms with E-state index in [-0.39, 0.29) is 24.7 Å². The second-order valence-electron chi connectivity index (χ2n) is 9.61. The van der Waals surface area contributed by atoms with Crippen molar-refractivity contribution in [3.05, 3.63) is 82.9 Å². The smallest absolute Gasteiger partial charge is 0.240 e. The minimum absolute atomic E-state index is 0.209. The van der Waals surface area contributed by atoms with E-state index >= 15 is 0 Å². The van der Waals surface area contributed by atoms with Gasteiger partial charge in [-0.25, -0.2) is 10.9 Å². The summed E-state index contributed by atoms with van der Waals surface area (Å²) in [6.45, 7) is 4.35. The molecule has 0 unspecified atom stereocenters. The number of rotatable bonds is 18. The molecule has 0 bridgehead atoms. The number of nitrogens with zero attached hydrogens (tertiary/aromatic N) is 2. The Labute approximate surface area is 234 Å². The number of unbranched alkanes of at least 4 members (excludes halogenated alkanes) is 4. The first-order valence-corrected chi connectivity index (χ1v) is 14.3. The normalized spacial score (nSPS) is 12.3. The van der Waals surface area contributed by atoms with Gasteiger partial charge in [0.2, 0.25) is 11.8 Å². The second-order valence-corrected chi connectivity index (χ2v) is 9.61. The largest absolute Gasteiger partial charge is 0.273 e. The fourth-order valence-corrected chi connectivity index (χ4v) is 3.93. The average molecular weight is 529 g/mol. The second kappa shape index (κ2) is 20.2. The Morgan fingerprint density at radius 3 is 1.38 bits per heavy atom. The summed E-state index contributed by atoms with van der Waals surface area (Å²) in [4.78, 5) is 24.4. The molecule has 0 saturated heterocycles. The van der Waals surface area contributed by atoms with Crippen LogP contribution in [0.15, 0.2) is 82.0 Å². The molecule has 0 spiro atoms. The number of benzene rings is 2. The lowest BCUT2D eigenvalue weighted by Gasteiger charge is -2.04. The summed E-state index contributed by atoms with van der Waals surface area (Å²) in [6, 6.07) is 20.2. The van der Waals surface area contributed by atoms with Gasteiger partial charge in [-0.15, -0.1) is 0 Å². The molecule has 0 aliphatic heterocycles. The summed E-state index contributed by atoms with van der Waals surface area (Å²) < 4.78 is 0. The molecule has 0 aliphatic rings. The molecule has 0 atom stereocenters. The third-order valence-corrected chi connectivity index (χ3v) is 6.09. The number of nitrogens with one attached hydrogen (secondary N) is 2. The highest BCUT2D eigenvalue weighted by Crippen LogP contribution is 2.13. The van der Waals surface area contributed by atoms with Crippen LogP contribution in [0.5, 0.6) is 0 Å². The van der Waals surface area contributed by atoms with Crippen LogP contribution in [0.1, 0.15) is 95.6 Å². The molecule has 0 heterocycles. The number of hydrogen-bond donors (Lipinski definition) is 2. The summed E-state index contributed by atoms with van der Waals surface area (Å²) in [5, 5.41) is 8.31. The molecule has 0 fully saturated rings. The van der Waals surface area contributed by atoms with Crippen molar-refractivity contribution in [2.24, 2.45) is 10.2 Å². The molecule has 0 saturated carbocycles. The quantitative estimate of drug-likeness (QED) is 0.118. The van der Waals surface area contributed by atoms with Crippen LogP contribution in [0.4, 0.5) is 0 Å². The molecule has 2 rings (SSSR count). The van der Waals surface area contributed by atoms with Gasteiger partial charge in [0.1, 0.15) is 0 Å². The summed E-state index contributed by atoms with van der Waals surface area (Å²) in [7, 11) is 0. The van der Waals surface area contributed by atoms with Crippen LogP contribution >= 0.6 is 0 Å². The third-order valence-electron chi connectivity index (χ3n) is 6.09. The Hall–Kier alpha value is -3.80. The molecule has 2 aromatic carbocycles. The van der Waals surface area contributed by atoms with Crippen LogP contribution in [0.25, 0.3) is 12.2 Å². The molecule has 208 valence electrons. The molecular weight excluding hydrogens is 484 g/mol. The monoisotopic (exact) mass is 528 g/mol. The Kier molecular flexibility index (Phi) is 16.3. The van der Waals surface area contributed by atoms with E-state index in [1.165, 1.54) is 0 Å². The molecule has 2 N–H and O–H groups in total. The average Bonchev–Trinajstić information content (AvgIpc) is 2.94. The van der Waals surface area contributed by atoms with Crippen LogP contribution in [0.3, 0.4) is 0 Å². The van der Waals surface area contributed by atoms with Gasteiger partial charge in [-0.3, -0.25) is 9.59 Å². The Balaban J connectivity index is 1.77. The number of allylic oxidation sites excluding steroid dienone is 2. The SMILES string of the molecule is CCCCCC(=Cc1ccccc1)/C=N\NC(=O)CCCC(=O)N/N=C/C(=Cc1ccccc1)CCCCC. The predicted octanol–water partition coefficient (Wildman–Crippen LogP) is 7.69. The highest BCUT2D eigenvalue weighted by Gasteiger charge is 2.05. The summed E-state index contributed by atoms with van der Waals surface area (Å²) >= 11 is 0. The maximum Gasteiger partial charge on any atom is 0.240 e. The molecule has 2 aromatic rings. The highest BCUT2D eigenvalue weighted by molar-refractivity contribution is 5.88. The lowest BCUT2D eigenvalue weighted by atomic mass is 10.1. The molecule has 39 heavy (non-hydrogen) atoms. The van der Waals surface area contributed by atoms with E-state index < -0.39 is 0 Å². The maximum absolute atomic E-state index is 12.2. The zero-order chi connectivity index (χ0) is 28.0. The number of hydrazone groups is 2. The van der Waals surface area contributed by atoms with Crippen molar-refractivity contribution in [2.75, 3.05) is 0 Å². The number of carbonyl (C=O) groups excluding carboxylic acids is 2. The fourth-order valence-electron chi connectivity index (χ4n) is 3.93. The summed E-state index contributed by atoms with van der Waals surface area (Å²) in [5.74, 6) is -0.418. The van der Waals surface area contributed by atoms with Crippen LogP contribution in [-0.4, -0.2) is 24.2 Å². The van der Waals surface area contributed by atoms with Gasteiger partial charge < -0.3 is 0 Å². The zero-order valence-electron chi connectivity index (χ0n) is 23.6. The molecular formula is C33H44N4O2. The predicted molar refractivity (Wildman–Crippen MR) is 164 cm³/mol. The van der Waals surface area contributed by atoms with E-state index in [2.05, 4.69) is 47.1 Å². The first-order chi connectivity index (χ1) is 19.1. The van der Waals surface area contributed by atoms with E-state index in [0.29, 0.717) is 6.42 Å². The van der Waals surface area contributed by atoms with Crippen molar-refractivity contribution in [2.45, 2.75) is 84.5 Å². The van der Waals surface area contributed by atoms with E-state index in [9.17, 15) is 9.59 Å². The van der Waals surface area contributed by atoms with Gasteiger partial charge in [0.15, 0.2) is 0 Å². The number of amides is 2. The summed E-state index contributed by atoms with van der Waals surface area (Å²) in [5.41, 5.74) is 9.54. The Morgan fingerprint density at radius 1 is 0.590 bits per heavy atom. The maximum atomic E-state index is 12.2. The minimum Gasteiger partial charge on any atom is -0.273 e. The van der Waals surface area contributed by atoms with Gasteiger partial charge in [0.05, 0.1) is 12.4 Å².